The number of nitrogens with zero attached hydrogens (tertiary/aromatic N) is 1. The Balaban J connectivity index is 3.96. The Labute approximate surface area is 81.2 Å². The van der Waals surface area contributed by atoms with Gasteiger partial charge in [-0.1, -0.05) is 0 Å². The van der Waals surface area contributed by atoms with Crippen molar-refractivity contribution in [2.45, 2.75) is 17.5 Å². The topological polar surface area (TPSA) is 33.0 Å². The van der Waals surface area contributed by atoms with Crippen LogP contribution in [0.15, 0.2) is 0 Å². The Hall–Kier alpha value is -0.610. The summed E-state index contributed by atoms with van der Waals surface area (Å²) in [6, 6.07) is 1.40. The van der Waals surface area contributed by atoms with E-state index in [1.807, 2.05) is 0 Å². The first-order chi connectivity index (χ1) is 6.20. The van der Waals surface area contributed by atoms with Crippen LogP contribution in [-0.2, 0) is 4.74 Å². The molecule has 1 unspecified atom stereocenters. The molecule has 0 fully saturated rings. The Morgan fingerprint density at radius 3 is 2.14 bits per heavy atom. The summed E-state index contributed by atoms with van der Waals surface area (Å²) in [5, 5.41) is 6.82. The van der Waals surface area contributed by atoms with Crippen molar-refractivity contribution in [1.29, 1.82) is 5.26 Å². The molecule has 0 spiro atoms. The molecule has 0 aliphatic carbocycles. The van der Waals surface area contributed by atoms with Gasteiger partial charge in [0.05, 0.1) is 12.7 Å². The summed E-state index contributed by atoms with van der Waals surface area (Å²) in [7, 11) is 0. The van der Waals surface area contributed by atoms with Crippen molar-refractivity contribution in [1.82, 2.24) is 0 Å². The maximum Gasteiger partial charge on any atom is 0.455 e. The molecule has 0 saturated heterocycles. The highest BCUT2D eigenvalue weighted by Gasteiger charge is 2.57. The molecule has 0 aliphatic heterocycles. The minimum Gasteiger partial charge on any atom is -0.372 e. The van der Waals surface area contributed by atoms with Gasteiger partial charge < -0.3 is 4.74 Å². The second-order valence-corrected chi connectivity index (χ2v) is 2.84. The van der Waals surface area contributed by atoms with E-state index in [4.69, 9.17) is 16.9 Å². The summed E-state index contributed by atoms with van der Waals surface area (Å²) in [5.74, 6) is -4.92. The molecule has 8 heteroatoms. The molecule has 0 aromatic heterocycles. The van der Waals surface area contributed by atoms with E-state index in [0.29, 0.717) is 0 Å². The smallest absolute Gasteiger partial charge is 0.372 e. The van der Waals surface area contributed by atoms with Gasteiger partial charge in [0.25, 0.3) is 0 Å². The molecule has 1 atom stereocenters. The van der Waals surface area contributed by atoms with E-state index in [9.17, 15) is 22.0 Å². The molecule has 0 aromatic rings. The normalized spacial score (nSPS) is 14.9. The van der Waals surface area contributed by atoms with Crippen LogP contribution >= 0.6 is 11.6 Å². The molecule has 0 bridgehead atoms. The highest BCUT2D eigenvalue weighted by molar-refractivity contribution is 6.22. The van der Waals surface area contributed by atoms with Crippen LogP contribution in [0.5, 0.6) is 0 Å². The summed E-state index contributed by atoms with van der Waals surface area (Å²) in [4.78, 5) is 0. The quantitative estimate of drug-likeness (QED) is 0.555. The molecule has 14 heavy (non-hydrogen) atoms. The van der Waals surface area contributed by atoms with Crippen LogP contribution in [0, 0.1) is 11.3 Å². The first-order valence-corrected chi connectivity index (χ1v) is 3.70. The largest absolute Gasteiger partial charge is 0.455 e. The van der Waals surface area contributed by atoms with E-state index in [-0.39, 0.29) is 0 Å². The Morgan fingerprint density at radius 1 is 1.29 bits per heavy atom. The van der Waals surface area contributed by atoms with Crippen LogP contribution in [0.4, 0.5) is 22.0 Å². The molecule has 0 amide bonds. The Kier molecular flexibility index (Phi) is 4.55. The number of hydrogen-bond acceptors (Lipinski definition) is 2. The summed E-state index contributed by atoms with van der Waals surface area (Å²) in [5.41, 5.74) is 0. The van der Waals surface area contributed by atoms with Gasteiger partial charge in [0, 0.05) is 0 Å². The van der Waals surface area contributed by atoms with E-state index in [1.54, 1.807) is 0 Å². The highest BCUT2D eigenvalue weighted by atomic mass is 35.5. The fourth-order valence-corrected chi connectivity index (χ4v) is 0.499. The number of nitriles is 1. The molecule has 0 aromatic carbocycles. The zero-order chi connectivity index (χ0) is 11.4. The lowest BCUT2D eigenvalue weighted by molar-refractivity contribution is -0.296. The third-order valence-electron chi connectivity index (χ3n) is 1.10. The van der Waals surface area contributed by atoms with Crippen molar-refractivity contribution in [2.75, 3.05) is 13.2 Å². The van der Waals surface area contributed by atoms with Gasteiger partial charge in [-0.3, -0.25) is 0 Å². The lowest BCUT2D eigenvalue weighted by Crippen LogP contribution is -2.41. The van der Waals surface area contributed by atoms with Crippen molar-refractivity contribution >= 4 is 11.6 Å². The molecule has 0 rings (SSSR count). The fraction of sp³-hybridized carbons (Fsp3) is 0.833. The second kappa shape index (κ2) is 4.75. The number of rotatable bonds is 4. The average molecular weight is 238 g/mol. The molecule has 0 aliphatic rings. The number of hydrogen-bond donors (Lipinski definition) is 0. The van der Waals surface area contributed by atoms with Crippen LogP contribution in [0.1, 0.15) is 0 Å². The maximum absolute atomic E-state index is 12.1. The van der Waals surface area contributed by atoms with Gasteiger partial charge in [-0.05, 0) is 0 Å². The highest BCUT2D eigenvalue weighted by Crippen LogP contribution is 2.35. The number of alkyl halides is 6. The summed E-state index contributed by atoms with van der Waals surface area (Å²) in [6.07, 6.45) is -5.65. The minimum atomic E-state index is -5.65. The second-order valence-electron chi connectivity index (χ2n) is 2.31. The summed E-state index contributed by atoms with van der Waals surface area (Å²) >= 11 is 5.10. The fourth-order valence-electron chi connectivity index (χ4n) is 0.410. The first-order valence-electron chi connectivity index (χ1n) is 3.26. The minimum absolute atomic E-state index is 0.677. The van der Waals surface area contributed by atoms with Gasteiger partial charge in [0.15, 0.2) is 0 Å². The van der Waals surface area contributed by atoms with Crippen LogP contribution in [0.2, 0.25) is 0 Å². The lowest BCUT2D eigenvalue weighted by atomic mass is 10.3. The Bertz CT molecular complexity index is 223. The molecule has 0 saturated carbocycles. The van der Waals surface area contributed by atoms with Gasteiger partial charge in [0.1, 0.15) is 12.0 Å². The van der Waals surface area contributed by atoms with Crippen molar-refractivity contribution < 1.29 is 26.7 Å². The van der Waals surface area contributed by atoms with Crippen LogP contribution in [0.25, 0.3) is 0 Å². The Morgan fingerprint density at radius 2 is 1.79 bits per heavy atom. The van der Waals surface area contributed by atoms with Crippen molar-refractivity contribution in [2.24, 2.45) is 0 Å². The third kappa shape index (κ3) is 4.07. The van der Waals surface area contributed by atoms with Crippen LogP contribution in [-0.4, -0.2) is 30.7 Å². The molecule has 82 valence electrons. The van der Waals surface area contributed by atoms with Crippen molar-refractivity contribution in [3.05, 3.63) is 0 Å². The van der Waals surface area contributed by atoms with E-state index < -0.39 is 30.7 Å². The number of ether oxygens (including phenoxy) is 1. The molecule has 0 radical (unpaired) electrons. The van der Waals surface area contributed by atoms with Crippen molar-refractivity contribution in [3.63, 3.8) is 0 Å². The molecule has 0 N–H and O–H groups in total. The van der Waals surface area contributed by atoms with Gasteiger partial charge in [-0.25, -0.2) is 0 Å². The van der Waals surface area contributed by atoms with Crippen molar-refractivity contribution in [3.8, 4) is 6.07 Å². The molecular formula is C6H5ClF5NO. The van der Waals surface area contributed by atoms with Crippen LogP contribution in [0.3, 0.4) is 0 Å². The van der Waals surface area contributed by atoms with Gasteiger partial charge >= 0.3 is 12.1 Å². The van der Waals surface area contributed by atoms with Gasteiger partial charge in [-0.15, -0.1) is 11.6 Å². The van der Waals surface area contributed by atoms with E-state index >= 15 is 0 Å². The van der Waals surface area contributed by atoms with Gasteiger partial charge in [0.2, 0.25) is 0 Å². The molecule has 0 heterocycles. The molecule has 2 nitrogen and oxygen atoms in total. The average Bonchev–Trinajstić information content (AvgIpc) is 2.01. The summed E-state index contributed by atoms with van der Waals surface area (Å²) < 4.78 is 62.7. The maximum atomic E-state index is 12.1. The zero-order valence-corrected chi connectivity index (χ0v) is 7.37. The van der Waals surface area contributed by atoms with E-state index in [0.717, 1.165) is 0 Å². The lowest BCUT2D eigenvalue weighted by Gasteiger charge is -2.19. The zero-order valence-electron chi connectivity index (χ0n) is 6.61. The van der Waals surface area contributed by atoms with E-state index in [2.05, 4.69) is 4.74 Å². The summed E-state index contributed by atoms with van der Waals surface area (Å²) in [6.45, 7) is -2.51. The predicted molar refractivity (Wildman–Crippen MR) is 37.1 cm³/mol. The predicted octanol–water partition coefficient (Wildman–Crippen LogP) is 2.33. The molecular weight excluding hydrogens is 233 g/mol. The monoisotopic (exact) mass is 237 g/mol. The first kappa shape index (κ1) is 13.4. The van der Waals surface area contributed by atoms with E-state index in [1.165, 1.54) is 6.07 Å². The third-order valence-corrected chi connectivity index (χ3v) is 1.33. The van der Waals surface area contributed by atoms with Gasteiger partial charge in [-0.2, -0.15) is 27.2 Å². The number of halogens is 6. The SMILES string of the molecule is N#CC(Cl)COCC(F)(F)C(F)(F)F. The van der Waals surface area contributed by atoms with Crippen LogP contribution < -0.4 is 0 Å². The standard InChI is InChI=1S/C6H5ClF5NO/c7-4(1-13)2-14-3-5(8,9)6(10,11)12/h4H,2-3H2.